The number of ether oxygens (including phenoxy) is 1. The number of benzene rings is 1. The van der Waals surface area contributed by atoms with Crippen molar-refractivity contribution in [1.29, 1.82) is 0 Å². The molecular weight excluding hydrogens is 320 g/mol. The van der Waals surface area contributed by atoms with E-state index in [0.717, 1.165) is 18.9 Å². The van der Waals surface area contributed by atoms with E-state index in [2.05, 4.69) is 5.32 Å². The van der Waals surface area contributed by atoms with E-state index >= 15 is 0 Å². The van der Waals surface area contributed by atoms with Crippen LogP contribution >= 0.6 is 23.2 Å². The van der Waals surface area contributed by atoms with E-state index in [1.165, 1.54) is 13.0 Å². The third-order valence-electron chi connectivity index (χ3n) is 3.68. The second kappa shape index (κ2) is 6.48. The summed E-state index contributed by atoms with van der Waals surface area (Å²) in [5.74, 6) is -1.86. The molecule has 2 rings (SSSR count). The van der Waals surface area contributed by atoms with Gasteiger partial charge in [-0.25, -0.2) is 9.18 Å². The van der Waals surface area contributed by atoms with E-state index in [-0.39, 0.29) is 21.7 Å². The van der Waals surface area contributed by atoms with Gasteiger partial charge in [-0.3, -0.25) is 5.32 Å². The molecule has 0 aliphatic carbocycles. The molecule has 0 saturated carbocycles. The molecule has 0 aromatic heterocycles. The lowest BCUT2D eigenvalue weighted by atomic mass is 9.91. The normalized spacial score (nSPS) is 21.2. The summed E-state index contributed by atoms with van der Waals surface area (Å²) in [4.78, 5) is 11.7. The molecule has 0 bridgehead atoms. The summed E-state index contributed by atoms with van der Waals surface area (Å²) in [5.41, 5.74) is -1.38. The fourth-order valence-corrected chi connectivity index (χ4v) is 2.89. The zero-order valence-electron chi connectivity index (χ0n) is 11.5. The summed E-state index contributed by atoms with van der Waals surface area (Å²) in [5, 5.41) is 12.4. The Balaban J connectivity index is 2.28. The number of rotatable bonds is 5. The van der Waals surface area contributed by atoms with Crippen molar-refractivity contribution >= 4 is 29.2 Å². The lowest BCUT2D eigenvalue weighted by Gasteiger charge is -2.29. The second-order valence-electron chi connectivity index (χ2n) is 5.19. The number of carboxylic acids is 1. The predicted molar refractivity (Wildman–Crippen MR) is 78.4 cm³/mol. The van der Waals surface area contributed by atoms with Crippen molar-refractivity contribution in [2.45, 2.75) is 31.4 Å². The van der Waals surface area contributed by atoms with Crippen molar-refractivity contribution in [1.82, 2.24) is 5.32 Å². The summed E-state index contributed by atoms with van der Waals surface area (Å²) < 4.78 is 19.1. The minimum absolute atomic E-state index is 0.0420. The zero-order chi connectivity index (χ0) is 15.6. The van der Waals surface area contributed by atoms with E-state index < -0.39 is 17.3 Å². The molecule has 1 aromatic rings. The molecule has 0 radical (unpaired) electrons. The summed E-state index contributed by atoms with van der Waals surface area (Å²) in [6.07, 6.45) is 1.78. The number of halogens is 3. The fourth-order valence-electron chi connectivity index (χ4n) is 2.32. The van der Waals surface area contributed by atoms with Crippen LogP contribution < -0.4 is 5.32 Å². The Morgan fingerprint density at radius 1 is 1.52 bits per heavy atom. The molecule has 1 aliphatic heterocycles. The van der Waals surface area contributed by atoms with Crippen molar-refractivity contribution in [3.63, 3.8) is 0 Å². The van der Waals surface area contributed by atoms with Gasteiger partial charge in [0.05, 0.1) is 11.1 Å². The van der Waals surface area contributed by atoms with E-state index in [0.29, 0.717) is 13.2 Å². The largest absolute Gasteiger partial charge is 0.480 e. The quantitative estimate of drug-likeness (QED) is 0.811. The van der Waals surface area contributed by atoms with Gasteiger partial charge in [0.1, 0.15) is 11.4 Å². The van der Waals surface area contributed by atoms with Gasteiger partial charge < -0.3 is 9.84 Å². The van der Waals surface area contributed by atoms with Gasteiger partial charge in [-0.2, -0.15) is 0 Å². The average molecular weight is 336 g/mol. The number of carbonyl (C=O) groups is 1. The van der Waals surface area contributed by atoms with Gasteiger partial charge >= 0.3 is 5.97 Å². The van der Waals surface area contributed by atoms with E-state index in [1.54, 1.807) is 0 Å². The standard InChI is InChI=1S/C14H16Cl2FNO3/c1-14(13(19)20,18-7-8-3-2-4-21-8)9-5-12(17)11(16)6-10(9)15/h5-6,8,18H,2-4,7H2,1H3,(H,19,20). The molecule has 2 unspecified atom stereocenters. The highest BCUT2D eigenvalue weighted by Crippen LogP contribution is 2.32. The van der Waals surface area contributed by atoms with E-state index in [1.807, 2.05) is 0 Å². The monoisotopic (exact) mass is 335 g/mol. The van der Waals surface area contributed by atoms with Crippen LogP contribution in [0.2, 0.25) is 10.0 Å². The Kier molecular flexibility index (Phi) is 5.09. The number of hydrogen-bond donors (Lipinski definition) is 2. The minimum Gasteiger partial charge on any atom is -0.480 e. The first kappa shape index (κ1) is 16.5. The maximum atomic E-state index is 13.7. The fraction of sp³-hybridized carbons (Fsp3) is 0.500. The van der Waals surface area contributed by atoms with E-state index in [9.17, 15) is 14.3 Å². The van der Waals surface area contributed by atoms with Crippen LogP contribution in [0.3, 0.4) is 0 Å². The molecule has 1 fully saturated rings. The maximum absolute atomic E-state index is 13.7. The van der Waals surface area contributed by atoms with Gasteiger partial charge in [-0.15, -0.1) is 0 Å². The highest BCUT2D eigenvalue weighted by molar-refractivity contribution is 6.35. The molecule has 21 heavy (non-hydrogen) atoms. The predicted octanol–water partition coefficient (Wildman–Crippen LogP) is 3.20. The van der Waals surface area contributed by atoms with Crippen molar-refractivity contribution in [3.8, 4) is 0 Å². The lowest BCUT2D eigenvalue weighted by Crippen LogP contribution is -2.49. The molecule has 2 atom stereocenters. The molecule has 1 aromatic carbocycles. The molecule has 0 amide bonds. The summed E-state index contributed by atoms with van der Waals surface area (Å²) in [7, 11) is 0. The molecule has 7 heteroatoms. The second-order valence-corrected chi connectivity index (χ2v) is 6.01. The first-order chi connectivity index (χ1) is 9.84. The van der Waals surface area contributed by atoms with Crippen LogP contribution in [-0.4, -0.2) is 30.3 Å². The third kappa shape index (κ3) is 3.48. The minimum atomic E-state index is -1.52. The average Bonchev–Trinajstić information content (AvgIpc) is 2.93. The van der Waals surface area contributed by atoms with Crippen LogP contribution in [0.15, 0.2) is 12.1 Å². The molecule has 1 heterocycles. The first-order valence-corrected chi connectivity index (χ1v) is 7.35. The van der Waals surface area contributed by atoms with Crippen LogP contribution in [-0.2, 0) is 15.1 Å². The summed E-state index contributed by atoms with van der Waals surface area (Å²) in [6, 6.07) is 2.27. The maximum Gasteiger partial charge on any atom is 0.328 e. The molecular formula is C14H16Cl2FNO3. The van der Waals surface area contributed by atoms with E-state index in [4.69, 9.17) is 27.9 Å². The first-order valence-electron chi connectivity index (χ1n) is 6.59. The molecule has 1 aliphatic rings. The topological polar surface area (TPSA) is 58.6 Å². The van der Waals surface area contributed by atoms with Gasteiger partial charge in [-0.05, 0) is 31.9 Å². The number of carboxylic acid groups (broad SMARTS) is 1. The van der Waals surface area contributed by atoms with Crippen molar-refractivity contribution < 1.29 is 19.0 Å². The molecule has 116 valence electrons. The van der Waals surface area contributed by atoms with Crippen molar-refractivity contribution in [2.24, 2.45) is 0 Å². The molecule has 1 saturated heterocycles. The van der Waals surface area contributed by atoms with Crippen molar-refractivity contribution in [2.75, 3.05) is 13.2 Å². The number of aliphatic carboxylic acids is 1. The Hall–Kier alpha value is -0.880. The van der Waals surface area contributed by atoms with Gasteiger partial charge in [0.25, 0.3) is 0 Å². The van der Waals surface area contributed by atoms with Gasteiger partial charge in [0.2, 0.25) is 0 Å². The van der Waals surface area contributed by atoms with Crippen LogP contribution in [0.5, 0.6) is 0 Å². The Morgan fingerprint density at radius 2 is 2.24 bits per heavy atom. The number of hydrogen-bond acceptors (Lipinski definition) is 3. The van der Waals surface area contributed by atoms with Crippen LogP contribution in [0.25, 0.3) is 0 Å². The van der Waals surface area contributed by atoms with Crippen LogP contribution in [0.1, 0.15) is 25.3 Å². The summed E-state index contributed by atoms with van der Waals surface area (Å²) >= 11 is 11.7. The van der Waals surface area contributed by atoms with Crippen LogP contribution in [0, 0.1) is 5.82 Å². The zero-order valence-corrected chi connectivity index (χ0v) is 13.0. The Bertz CT molecular complexity index is 549. The van der Waals surface area contributed by atoms with Gasteiger partial charge in [0.15, 0.2) is 0 Å². The van der Waals surface area contributed by atoms with Gasteiger partial charge in [0, 0.05) is 23.7 Å². The molecule has 0 spiro atoms. The number of nitrogens with one attached hydrogen (secondary N) is 1. The summed E-state index contributed by atoms with van der Waals surface area (Å²) in [6.45, 7) is 2.47. The Morgan fingerprint density at radius 3 is 2.81 bits per heavy atom. The SMILES string of the molecule is CC(NCC1CCCO1)(C(=O)O)c1cc(F)c(Cl)cc1Cl. The lowest BCUT2D eigenvalue weighted by molar-refractivity contribution is -0.144. The highest BCUT2D eigenvalue weighted by atomic mass is 35.5. The smallest absolute Gasteiger partial charge is 0.328 e. The third-order valence-corrected chi connectivity index (χ3v) is 4.29. The molecule has 4 nitrogen and oxygen atoms in total. The molecule has 2 N–H and O–H groups in total. The van der Waals surface area contributed by atoms with Crippen molar-refractivity contribution in [3.05, 3.63) is 33.6 Å². The Labute approximate surface area is 132 Å². The van der Waals surface area contributed by atoms with Gasteiger partial charge in [-0.1, -0.05) is 23.2 Å². The van der Waals surface area contributed by atoms with Crippen LogP contribution in [0.4, 0.5) is 4.39 Å². The highest BCUT2D eigenvalue weighted by Gasteiger charge is 2.38.